The summed E-state index contributed by atoms with van der Waals surface area (Å²) in [5.74, 6) is 0.898. The first-order valence-electron chi connectivity index (χ1n) is 6.67. The minimum Gasteiger partial charge on any atom is -0.325 e. The van der Waals surface area contributed by atoms with Gasteiger partial charge in [-0.3, -0.25) is 4.79 Å². The molecule has 2 aliphatic rings. The zero-order chi connectivity index (χ0) is 11.8. The van der Waals surface area contributed by atoms with Crippen molar-refractivity contribution in [3.8, 4) is 0 Å². The number of carbonyl (C=O) groups excluding carboxylic acids is 1. The van der Waals surface area contributed by atoms with E-state index in [4.69, 9.17) is 0 Å². The summed E-state index contributed by atoms with van der Waals surface area (Å²) < 4.78 is 0. The molecule has 1 unspecified atom stereocenters. The van der Waals surface area contributed by atoms with Gasteiger partial charge < -0.3 is 5.32 Å². The van der Waals surface area contributed by atoms with Crippen molar-refractivity contribution in [2.75, 3.05) is 5.32 Å². The second-order valence-corrected chi connectivity index (χ2v) is 5.46. The fourth-order valence-corrected chi connectivity index (χ4v) is 3.34. The summed E-state index contributed by atoms with van der Waals surface area (Å²) in [5, 5.41) is 3.03. The summed E-state index contributed by atoms with van der Waals surface area (Å²) in [6, 6.07) is 6.31. The molecule has 0 radical (unpaired) electrons. The molecular weight excluding hydrogens is 210 g/mol. The van der Waals surface area contributed by atoms with E-state index < -0.39 is 0 Å². The van der Waals surface area contributed by atoms with Crippen molar-refractivity contribution in [2.24, 2.45) is 5.92 Å². The molecule has 0 aromatic heterocycles. The normalized spacial score (nSPS) is 24.5. The van der Waals surface area contributed by atoms with Crippen molar-refractivity contribution in [1.82, 2.24) is 0 Å². The minimum absolute atomic E-state index is 0.116. The van der Waals surface area contributed by atoms with E-state index in [1.807, 2.05) is 6.07 Å². The van der Waals surface area contributed by atoms with Gasteiger partial charge in [-0.2, -0.15) is 0 Å². The van der Waals surface area contributed by atoms with Crippen molar-refractivity contribution in [3.05, 3.63) is 29.3 Å². The van der Waals surface area contributed by atoms with Gasteiger partial charge in [0.15, 0.2) is 0 Å². The molecule has 3 rings (SSSR count). The number of rotatable bonds is 1. The molecule has 90 valence electrons. The highest BCUT2D eigenvalue weighted by molar-refractivity contribution is 6.03. The Balaban J connectivity index is 1.95. The molecule has 1 aliphatic carbocycles. The SMILES string of the molecule is Cc1ccc2c(c1)C(C1CCCCC1)C(=O)N2. The average molecular weight is 229 g/mol. The van der Waals surface area contributed by atoms with Gasteiger partial charge >= 0.3 is 0 Å². The van der Waals surface area contributed by atoms with Crippen molar-refractivity contribution in [2.45, 2.75) is 44.9 Å². The van der Waals surface area contributed by atoms with E-state index in [9.17, 15) is 4.79 Å². The number of benzene rings is 1. The van der Waals surface area contributed by atoms with Crippen LogP contribution in [0.1, 0.15) is 49.1 Å². The van der Waals surface area contributed by atoms with E-state index in [-0.39, 0.29) is 11.8 Å². The van der Waals surface area contributed by atoms with E-state index in [2.05, 4.69) is 24.4 Å². The molecular formula is C15H19NO. The van der Waals surface area contributed by atoms with Crippen LogP contribution in [0.2, 0.25) is 0 Å². The van der Waals surface area contributed by atoms with Gasteiger partial charge in [-0.05, 0) is 37.3 Å². The Hall–Kier alpha value is -1.31. The van der Waals surface area contributed by atoms with Gasteiger partial charge in [-0.25, -0.2) is 0 Å². The summed E-state index contributed by atoms with van der Waals surface area (Å²) in [7, 11) is 0. The van der Waals surface area contributed by atoms with Gasteiger partial charge in [0.25, 0.3) is 0 Å². The molecule has 2 heteroatoms. The Labute approximate surface area is 102 Å². The summed E-state index contributed by atoms with van der Waals surface area (Å²) in [5.41, 5.74) is 3.53. The highest BCUT2D eigenvalue weighted by atomic mass is 16.2. The minimum atomic E-state index is 0.116. The third kappa shape index (κ3) is 1.86. The number of fused-ring (bicyclic) bond motifs is 1. The molecule has 0 bridgehead atoms. The Morgan fingerprint density at radius 3 is 2.71 bits per heavy atom. The van der Waals surface area contributed by atoms with E-state index in [0.29, 0.717) is 5.92 Å². The molecule has 1 fully saturated rings. The molecule has 2 nitrogen and oxygen atoms in total. The molecule has 1 N–H and O–H groups in total. The van der Waals surface area contributed by atoms with Crippen LogP contribution >= 0.6 is 0 Å². The molecule has 1 atom stereocenters. The van der Waals surface area contributed by atoms with Gasteiger partial charge in [0.2, 0.25) is 5.91 Å². The Morgan fingerprint density at radius 1 is 1.18 bits per heavy atom. The number of aryl methyl sites for hydroxylation is 1. The summed E-state index contributed by atoms with van der Waals surface area (Å²) in [6.07, 6.45) is 6.34. The average Bonchev–Trinajstić information content (AvgIpc) is 2.65. The largest absolute Gasteiger partial charge is 0.325 e. The third-order valence-corrected chi connectivity index (χ3v) is 4.20. The van der Waals surface area contributed by atoms with Gasteiger partial charge in [0, 0.05) is 5.69 Å². The maximum absolute atomic E-state index is 12.1. The van der Waals surface area contributed by atoms with E-state index in [1.165, 1.54) is 43.2 Å². The maximum atomic E-state index is 12.1. The van der Waals surface area contributed by atoms with Crippen LogP contribution in [0.5, 0.6) is 0 Å². The van der Waals surface area contributed by atoms with Gasteiger partial charge in [-0.15, -0.1) is 0 Å². The Bertz CT molecular complexity index is 446. The third-order valence-electron chi connectivity index (χ3n) is 4.20. The monoisotopic (exact) mass is 229 g/mol. The van der Waals surface area contributed by atoms with E-state index in [0.717, 1.165) is 5.69 Å². The lowest BCUT2D eigenvalue weighted by atomic mass is 9.77. The number of hydrogen-bond donors (Lipinski definition) is 1. The van der Waals surface area contributed by atoms with Crippen LogP contribution in [0.4, 0.5) is 5.69 Å². The molecule has 17 heavy (non-hydrogen) atoms. The molecule has 0 saturated heterocycles. The van der Waals surface area contributed by atoms with Crippen molar-refractivity contribution < 1.29 is 4.79 Å². The van der Waals surface area contributed by atoms with Gasteiger partial charge in [0.1, 0.15) is 0 Å². The van der Waals surface area contributed by atoms with Crippen LogP contribution in [-0.4, -0.2) is 5.91 Å². The smallest absolute Gasteiger partial charge is 0.232 e. The Kier molecular flexibility index (Phi) is 2.65. The number of nitrogens with one attached hydrogen (secondary N) is 1. The topological polar surface area (TPSA) is 29.1 Å². The fraction of sp³-hybridized carbons (Fsp3) is 0.533. The van der Waals surface area contributed by atoms with Crippen molar-refractivity contribution in [1.29, 1.82) is 0 Å². The molecule has 1 saturated carbocycles. The highest BCUT2D eigenvalue weighted by Crippen LogP contribution is 2.43. The standard InChI is InChI=1S/C15H19NO/c1-10-7-8-13-12(9-10)14(15(17)16-13)11-5-3-2-4-6-11/h7-9,11,14H,2-6H2,1H3,(H,16,17). The summed E-state index contributed by atoms with van der Waals surface area (Å²) in [4.78, 5) is 12.1. The molecule has 1 heterocycles. The lowest BCUT2D eigenvalue weighted by molar-refractivity contribution is -0.118. The summed E-state index contributed by atoms with van der Waals surface area (Å²) in [6.45, 7) is 2.10. The highest BCUT2D eigenvalue weighted by Gasteiger charge is 2.36. The number of anilines is 1. The van der Waals surface area contributed by atoms with Crippen LogP contribution in [0.15, 0.2) is 18.2 Å². The van der Waals surface area contributed by atoms with E-state index >= 15 is 0 Å². The predicted molar refractivity (Wildman–Crippen MR) is 69.1 cm³/mol. The molecule has 1 aromatic rings. The maximum Gasteiger partial charge on any atom is 0.232 e. The van der Waals surface area contributed by atoms with Crippen molar-refractivity contribution >= 4 is 11.6 Å². The number of hydrogen-bond acceptors (Lipinski definition) is 1. The lowest BCUT2D eigenvalue weighted by Gasteiger charge is -2.26. The number of carbonyl (C=O) groups is 1. The van der Waals surface area contributed by atoms with Gasteiger partial charge in [-0.1, -0.05) is 37.0 Å². The first kappa shape index (κ1) is 10.8. The quantitative estimate of drug-likeness (QED) is 0.783. The zero-order valence-corrected chi connectivity index (χ0v) is 10.3. The van der Waals surface area contributed by atoms with Crippen molar-refractivity contribution in [3.63, 3.8) is 0 Å². The first-order valence-corrected chi connectivity index (χ1v) is 6.67. The number of amides is 1. The summed E-state index contributed by atoms with van der Waals surface area (Å²) >= 11 is 0. The molecule has 1 aliphatic heterocycles. The van der Waals surface area contributed by atoms with Crippen LogP contribution in [-0.2, 0) is 4.79 Å². The van der Waals surface area contributed by atoms with Gasteiger partial charge in [0.05, 0.1) is 5.92 Å². The first-order chi connectivity index (χ1) is 8.25. The van der Waals surface area contributed by atoms with E-state index in [1.54, 1.807) is 0 Å². The van der Waals surface area contributed by atoms with Crippen LogP contribution in [0.25, 0.3) is 0 Å². The fourth-order valence-electron chi connectivity index (χ4n) is 3.34. The Morgan fingerprint density at radius 2 is 1.94 bits per heavy atom. The van der Waals surface area contributed by atoms with Crippen LogP contribution in [0, 0.1) is 12.8 Å². The predicted octanol–water partition coefficient (Wildman–Crippen LogP) is 3.61. The lowest BCUT2D eigenvalue weighted by Crippen LogP contribution is -2.22. The molecule has 1 aromatic carbocycles. The second-order valence-electron chi connectivity index (χ2n) is 5.46. The zero-order valence-electron chi connectivity index (χ0n) is 10.3. The van der Waals surface area contributed by atoms with Crippen LogP contribution < -0.4 is 5.32 Å². The second kappa shape index (κ2) is 4.17. The molecule has 1 amide bonds. The van der Waals surface area contributed by atoms with Crippen LogP contribution in [0.3, 0.4) is 0 Å². The molecule has 0 spiro atoms.